The summed E-state index contributed by atoms with van der Waals surface area (Å²) < 4.78 is 5.25. The van der Waals surface area contributed by atoms with Crippen LogP contribution in [0.2, 0.25) is 0 Å². The van der Waals surface area contributed by atoms with E-state index in [1.54, 1.807) is 0 Å². The van der Waals surface area contributed by atoms with Crippen molar-refractivity contribution in [2.24, 2.45) is 0 Å². The fourth-order valence-corrected chi connectivity index (χ4v) is 2.83. The Morgan fingerprint density at radius 3 is 2.89 bits per heavy atom. The Bertz CT molecular complexity index is 567. The maximum Gasteiger partial charge on any atom is 0.141 e. The van der Waals surface area contributed by atoms with E-state index in [1.807, 2.05) is 13.8 Å². The molecule has 0 saturated heterocycles. The third-order valence-electron chi connectivity index (χ3n) is 3.78. The second-order valence-electron chi connectivity index (χ2n) is 5.04. The summed E-state index contributed by atoms with van der Waals surface area (Å²) in [6.07, 6.45) is 1.09. The van der Waals surface area contributed by atoms with Crippen LogP contribution < -0.4 is 5.32 Å². The normalized spacial score (nSPS) is 18.7. The first-order valence-electron chi connectivity index (χ1n) is 6.46. The molecule has 0 spiro atoms. The van der Waals surface area contributed by atoms with Crippen molar-refractivity contribution in [3.05, 3.63) is 40.8 Å². The average Bonchev–Trinajstić information content (AvgIpc) is 2.69. The van der Waals surface area contributed by atoms with Gasteiger partial charge in [0, 0.05) is 11.6 Å². The molecular weight excluding hydrogens is 224 g/mol. The van der Waals surface area contributed by atoms with Crippen molar-refractivity contribution >= 4 is 0 Å². The molecule has 2 heterocycles. The van der Waals surface area contributed by atoms with E-state index in [2.05, 4.69) is 35.6 Å². The lowest BCUT2D eigenvalue weighted by molar-refractivity contribution is 0.393. The molecule has 1 aliphatic rings. The Morgan fingerprint density at radius 2 is 2.17 bits per heavy atom. The minimum Gasteiger partial charge on any atom is -0.361 e. The number of nitrogens with one attached hydrogen (secondary N) is 1. The zero-order valence-corrected chi connectivity index (χ0v) is 11.1. The number of aromatic nitrogens is 1. The fourth-order valence-electron chi connectivity index (χ4n) is 2.83. The molecule has 1 aliphatic heterocycles. The molecule has 1 N–H and O–H groups in total. The lowest BCUT2D eigenvalue weighted by Crippen LogP contribution is -2.27. The van der Waals surface area contributed by atoms with Crippen molar-refractivity contribution in [1.82, 2.24) is 10.5 Å². The highest BCUT2D eigenvalue weighted by Gasteiger charge is 2.18. The lowest BCUT2D eigenvalue weighted by atomic mass is 9.91. The molecule has 1 unspecified atom stereocenters. The number of fused-ring (bicyclic) bond motifs is 1. The molecule has 1 aromatic carbocycles. The van der Waals surface area contributed by atoms with Crippen molar-refractivity contribution in [1.29, 1.82) is 0 Å². The smallest absolute Gasteiger partial charge is 0.141 e. The Labute approximate surface area is 107 Å². The van der Waals surface area contributed by atoms with Crippen molar-refractivity contribution in [3.63, 3.8) is 0 Å². The predicted molar refractivity (Wildman–Crippen MR) is 71.5 cm³/mol. The van der Waals surface area contributed by atoms with Gasteiger partial charge in [0.05, 0.1) is 5.69 Å². The van der Waals surface area contributed by atoms with Crippen LogP contribution in [0.15, 0.2) is 22.7 Å². The van der Waals surface area contributed by atoms with Crippen molar-refractivity contribution < 1.29 is 4.52 Å². The lowest BCUT2D eigenvalue weighted by Gasteiger charge is -2.24. The van der Waals surface area contributed by atoms with Crippen LogP contribution in [0.4, 0.5) is 0 Å². The molecule has 1 aromatic heterocycles. The molecule has 3 rings (SSSR count). The topological polar surface area (TPSA) is 38.1 Å². The SMILES string of the molecule is Cc1noc(C)c1-c1ccc2c(c1)CCNC2C. The van der Waals surface area contributed by atoms with E-state index in [1.165, 1.54) is 16.7 Å². The number of hydrogen-bond donors (Lipinski definition) is 1. The third kappa shape index (κ3) is 1.75. The molecule has 3 heteroatoms. The van der Waals surface area contributed by atoms with Crippen LogP contribution >= 0.6 is 0 Å². The summed E-state index contributed by atoms with van der Waals surface area (Å²) in [7, 11) is 0. The minimum atomic E-state index is 0.451. The Hall–Kier alpha value is -1.61. The van der Waals surface area contributed by atoms with Crippen LogP contribution in [0.3, 0.4) is 0 Å². The van der Waals surface area contributed by atoms with Crippen molar-refractivity contribution in [2.75, 3.05) is 6.54 Å². The molecule has 94 valence electrons. The second-order valence-corrected chi connectivity index (χ2v) is 5.04. The standard InChI is InChI=1S/C15H18N2O/c1-9-14-5-4-13(8-12(14)6-7-16-9)15-10(2)17-18-11(15)3/h4-5,8-9,16H,6-7H2,1-3H3. The van der Waals surface area contributed by atoms with Gasteiger partial charge in [-0.3, -0.25) is 0 Å². The number of hydrogen-bond acceptors (Lipinski definition) is 3. The maximum atomic E-state index is 5.25. The minimum absolute atomic E-state index is 0.451. The van der Waals surface area contributed by atoms with Crippen LogP contribution in [-0.2, 0) is 6.42 Å². The second kappa shape index (κ2) is 4.25. The van der Waals surface area contributed by atoms with Crippen LogP contribution in [-0.4, -0.2) is 11.7 Å². The first-order chi connectivity index (χ1) is 8.66. The number of aryl methyl sites for hydroxylation is 2. The van der Waals surface area contributed by atoms with E-state index >= 15 is 0 Å². The zero-order chi connectivity index (χ0) is 12.7. The monoisotopic (exact) mass is 242 g/mol. The van der Waals surface area contributed by atoms with E-state index in [0.29, 0.717) is 6.04 Å². The molecule has 0 amide bonds. The summed E-state index contributed by atoms with van der Waals surface area (Å²) in [4.78, 5) is 0. The molecule has 1 atom stereocenters. The summed E-state index contributed by atoms with van der Waals surface area (Å²) >= 11 is 0. The average molecular weight is 242 g/mol. The fraction of sp³-hybridized carbons (Fsp3) is 0.400. The van der Waals surface area contributed by atoms with Gasteiger partial charge in [0.25, 0.3) is 0 Å². The number of benzene rings is 1. The first-order valence-corrected chi connectivity index (χ1v) is 6.46. The van der Waals surface area contributed by atoms with Gasteiger partial charge >= 0.3 is 0 Å². The van der Waals surface area contributed by atoms with E-state index in [0.717, 1.165) is 30.0 Å². The van der Waals surface area contributed by atoms with E-state index in [-0.39, 0.29) is 0 Å². The summed E-state index contributed by atoms with van der Waals surface area (Å²) in [5.41, 5.74) is 6.19. The van der Waals surface area contributed by atoms with E-state index in [9.17, 15) is 0 Å². The summed E-state index contributed by atoms with van der Waals surface area (Å²) in [6.45, 7) is 7.24. The van der Waals surface area contributed by atoms with Gasteiger partial charge in [0.15, 0.2) is 0 Å². The van der Waals surface area contributed by atoms with E-state index < -0.39 is 0 Å². The number of nitrogens with zero attached hydrogens (tertiary/aromatic N) is 1. The predicted octanol–water partition coefficient (Wildman–Crippen LogP) is 3.17. The van der Waals surface area contributed by atoms with Gasteiger partial charge in [-0.25, -0.2) is 0 Å². The molecular formula is C15H18N2O. The highest BCUT2D eigenvalue weighted by Crippen LogP contribution is 2.31. The molecule has 0 saturated carbocycles. The third-order valence-corrected chi connectivity index (χ3v) is 3.78. The van der Waals surface area contributed by atoms with E-state index in [4.69, 9.17) is 4.52 Å². The van der Waals surface area contributed by atoms with Crippen molar-refractivity contribution in [2.45, 2.75) is 33.2 Å². The quantitative estimate of drug-likeness (QED) is 0.834. The highest BCUT2D eigenvalue weighted by molar-refractivity contribution is 5.69. The molecule has 18 heavy (non-hydrogen) atoms. The van der Waals surface area contributed by atoms with Crippen LogP contribution in [0.25, 0.3) is 11.1 Å². The summed E-state index contributed by atoms with van der Waals surface area (Å²) in [5.74, 6) is 0.898. The number of rotatable bonds is 1. The van der Waals surface area contributed by atoms with Gasteiger partial charge in [-0.05, 0) is 50.4 Å². The molecule has 0 bridgehead atoms. The molecule has 3 nitrogen and oxygen atoms in total. The Kier molecular flexibility index (Phi) is 2.71. The summed E-state index contributed by atoms with van der Waals surface area (Å²) in [5, 5.41) is 7.52. The Balaban J connectivity index is 2.10. The summed E-state index contributed by atoms with van der Waals surface area (Å²) in [6, 6.07) is 7.15. The molecule has 0 fully saturated rings. The molecule has 0 radical (unpaired) electrons. The first kappa shape index (κ1) is 11.5. The van der Waals surface area contributed by atoms with Gasteiger partial charge in [0.1, 0.15) is 5.76 Å². The van der Waals surface area contributed by atoms with Crippen molar-refractivity contribution in [3.8, 4) is 11.1 Å². The van der Waals surface area contributed by atoms with Gasteiger partial charge in [0.2, 0.25) is 0 Å². The van der Waals surface area contributed by atoms with Gasteiger partial charge in [-0.1, -0.05) is 23.4 Å². The molecule has 0 aliphatic carbocycles. The van der Waals surface area contributed by atoms with Gasteiger partial charge < -0.3 is 9.84 Å². The largest absolute Gasteiger partial charge is 0.361 e. The Morgan fingerprint density at radius 1 is 1.33 bits per heavy atom. The van der Waals surface area contributed by atoms with Gasteiger partial charge in [-0.2, -0.15) is 0 Å². The maximum absolute atomic E-state index is 5.25. The zero-order valence-electron chi connectivity index (χ0n) is 11.1. The molecule has 2 aromatic rings. The van der Waals surface area contributed by atoms with Crippen LogP contribution in [0.5, 0.6) is 0 Å². The van der Waals surface area contributed by atoms with Gasteiger partial charge in [-0.15, -0.1) is 0 Å². The van der Waals surface area contributed by atoms with Crippen LogP contribution in [0, 0.1) is 13.8 Å². The highest BCUT2D eigenvalue weighted by atomic mass is 16.5. The van der Waals surface area contributed by atoms with Crippen LogP contribution in [0.1, 0.15) is 35.5 Å².